The summed E-state index contributed by atoms with van der Waals surface area (Å²) in [5.41, 5.74) is 0. The van der Waals surface area contributed by atoms with E-state index in [2.05, 4.69) is 0 Å². The van der Waals surface area contributed by atoms with Gasteiger partial charge in [-0.05, 0) is 12.8 Å². The molecule has 11 heavy (non-hydrogen) atoms. The van der Waals surface area contributed by atoms with Gasteiger partial charge in [0.25, 0.3) is 0 Å². The SMILES string of the molecule is BC1CCC(C(F)(F)F)CC1. The lowest BCUT2D eigenvalue weighted by Crippen LogP contribution is -2.26. The summed E-state index contributed by atoms with van der Waals surface area (Å²) in [5, 5.41) is 0. The molecule has 1 fully saturated rings. The lowest BCUT2D eigenvalue weighted by atomic mass is 9.72. The van der Waals surface area contributed by atoms with Crippen molar-refractivity contribution in [3.8, 4) is 0 Å². The lowest BCUT2D eigenvalue weighted by Gasteiger charge is -2.27. The molecule has 1 aliphatic rings. The van der Waals surface area contributed by atoms with E-state index < -0.39 is 12.1 Å². The Morgan fingerprint density at radius 3 is 1.82 bits per heavy atom. The summed E-state index contributed by atoms with van der Waals surface area (Å²) in [4.78, 5) is 0. The molecule has 0 atom stereocenters. The Morgan fingerprint density at radius 1 is 1.00 bits per heavy atom. The molecule has 0 heterocycles. The molecule has 0 bridgehead atoms. The Bertz CT molecular complexity index is 124. The van der Waals surface area contributed by atoms with Crippen LogP contribution in [0.3, 0.4) is 0 Å². The van der Waals surface area contributed by atoms with Crippen LogP contribution in [0.4, 0.5) is 13.2 Å². The Balaban J connectivity index is 2.39. The first kappa shape index (κ1) is 8.95. The standard InChI is InChI=1S/C7H12BF3/c8-6-3-1-5(2-4-6)7(9,10)11/h5-6H,1-4,8H2. The van der Waals surface area contributed by atoms with Gasteiger partial charge in [-0.2, -0.15) is 13.2 Å². The number of hydrogen-bond acceptors (Lipinski definition) is 0. The van der Waals surface area contributed by atoms with Crippen molar-refractivity contribution in [1.29, 1.82) is 0 Å². The van der Waals surface area contributed by atoms with Gasteiger partial charge >= 0.3 is 6.18 Å². The first-order valence-corrected chi connectivity index (χ1v) is 4.07. The van der Waals surface area contributed by atoms with E-state index in [4.69, 9.17) is 0 Å². The predicted molar refractivity (Wildman–Crippen MR) is 40.3 cm³/mol. The van der Waals surface area contributed by atoms with E-state index in [1.165, 1.54) is 0 Å². The normalized spacial score (nSPS) is 33.7. The van der Waals surface area contributed by atoms with Gasteiger partial charge in [-0.15, -0.1) is 0 Å². The molecular weight excluding hydrogens is 152 g/mol. The first-order valence-electron chi connectivity index (χ1n) is 4.07. The van der Waals surface area contributed by atoms with Crippen molar-refractivity contribution < 1.29 is 13.2 Å². The van der Waals surface area contributed by atoms with E-state index in [9.17, 15) is 13.2 Å². The fourth-order valence-corrected chi connectivity index (χ4v) is 1.59. The van der Waals surface area contributed by atoms with Gasteiger partial charge in [0.05, 0.1) is 5.92 Å². The zero-order valence-corrected chi connectivity index (χ0v) is 6.62. The maximum Gasteiger partial charge on any atom is 0.391 e. The molecule has 64 valence electrons. The Morgan fingerprint density at radius 2 is 1.45 bits per heavy atom. The Labute approximate surface area is 65.6 Å². The number of rotatable bonds is 0. The van der Waals surface area contributed by atoms with Crippen LogP contribution in [0.15, 0.2) is 0 Å². The van der Waals surface area contributed by atoms with Gasteiger partial charge in [0, 0.05) is 0 Å². The molecule has 0 saturated heterocycles. The average Bonchev–Trinajstić information content (AvgIpc) is 1.86. The largest absolute Gasteiger partial charge is 0.391 e. The molecule has 0 spiro atoms. The van der Waals surface area contributed by atoms with Crippen molar-refractivity contribution in [2.45, 2.75) is 37.7 Å². The van der Waals surface area contributed by atoms with Crippen LogP contribution in [0.2, 0.25) is 5.82 Å². The number of hydrogen-bond donors (Lipinski definition) is 0. The van der Waals surface area contributed by atoms with E-state index in [1.54, 1.807) is 0 Å². The van der Waals surface area contributed by atoms with Gasteiger partial charge in [0.15, 0.2) is 0 Å². The van der Waals surface area contributed by atoms with Crippen molar-refractivity contribution in [3.63, 3.8) is 0 Å². The highest BCUT2D eigenvalue weighted by Gasteiger charge is 2.40. The van der Waals surface area contributed by atoms with Gasteiger partial charge in [0.1, 0.15) is 7.85 Å². The second kappa shape index (κ2) is 3.07. The summed E-state index contributed by atoms with van der Waals surface area (Å²) >= 11 is 0. The van der Waals surface area contributed by atoms with Gasteiger partial charge < -0.3 is 0 Å². The highest BCUT2D eigenvalue weighted by molar-refractivity contribution is 6.11. The molecule has 1 aliphatic carbocycles. The molecule has 0 amide bonds. The molecule has 0 aromatic heterocycles. The van der Waals surface area contributed by atoms with Crippen LogP contribution < -0.4 is 0 Å². The van der Waals surface area contributed by atoms with Crippen LogP contribution in [-0.2, 0) is 0 Å². The summed E-state index contributed by atoms with van der Waals surface area (Å²) in [6, 6.07) is 0. The molecule has 0 radical (unpaired) electrons. The minimum Gasteiger partial charge on any atom is -0.171 e. The minimum absolute atomic E-state index is 0.338. The van der Waals surface area contributed by atoms with Crippen molar-refractivity contribution in [2.75, 3.05) is 0 Å². The Kier molecular flexibility index (Phi) is 2.50. The summed E-state index contributed by atoms with van der Waals surface area (Å²) < 4.78 is 36.2. The van der Waals surface area contributed by atoms with Crippen molar-refractivity contribution in [1.82, 2.24) is 0 Å². The summed E-state index contributed by atoms with van der Waals surface area (Å²) in [6.07, 6.45) is -1.79. The molecule has 0 aromatic rings. The van der Waals surface area contributed by atoms with Gasteiger partial charge in [-0.3, -0.25) is 0 Å². The lowest BCUT2D eigenvalue weighted by molar-refractivity contribution is -0.181. The van der Waals surface area contributed by atoms with Crippen molar-refractivity contribution in [3.05, 3.63) is 0 Å². The minimum atomic E-state index is -3.94. The fraction of sp³-hybridized carbons (Fsp3) is 1.00. The highest BCUT2D eigenvalue weighted by atomic mass is 19.4. The summed E-state index contributed by atoms with van der Waals surface area (Å²) in [5.74, 6) is -0.521. The maximum absolute atomic E-state index is 12.1. The third kappa shape index (κ3) is 2.42. The van der Waals surface area contributed by atoms with E-state index in [0.29, 0.717) is 18.7 Å². The molecule has 0 nitrogen and oxygen atoms in total. The summed E-state index contributed by atoms with van der Waals surface area (Å²) in [7, 11) is 2.02. The average molecular weight is 164 g/mol. The topological polar surface area (TPSA) is 0 Å². The summed E-state index contributed by atoms with van der Waals surface area (Å²) in [6.45, 7) is 0. The zero-order chi connectivity index (χ0) is 8.48. The fourth-order valence-electron chi connectivity index (χ4n) is 1.59. The predicted octanol–water partition coefficient (Wildman–Crippen LogP) is 2.16. The maximum atomic E-state index is 12.1. The smallest absolute Gasteiger partial charge is 0.171 e. The number of alkyl halides is 3. The van der Waals surface area contributed by atoms with Crippen LogP contribution in [-0.4, -0.2) is 14.0 Å². The molecule has 4 heteroatoms. The number of halogens is 3. The van der Waals surface area contributed by atoms with Crippen LogP contribution in [0.5, 0.6) is 0 Å². The van der Waals surface area contributed by atoms with E-state index in [0.717, 1.165) is 12.8 Å². The van der Waals surface area contributed by atoms with E-state index >= 15 is 0 Å². The van der Waals surface area contributed by atoms with Crippen molar-refractivity contribution in [2.24, 2.45) is 5.92 Å². The quantitative estimate of drug-likeness (QED) is 0.481. The van der Waals surface area contributed by atoms with Gasteiger partial charge in [-0.25, -0.2) is 0 Å². The third-order valence-corrected chi connectivity index (χ3v) is 2.48. The molecule has 0 unspecified atom stereocenters. The van der Waals surface area contributed by atoms with Crippen molar-refractivity contribution >= 4 is 7.85 Å². The molecular formula is C7H12BF3. The second-order valence-corrected chi connectivity index (χ2v) is 3.50. The molecule has 0 aromatic carbocycles. The van der Waals surface area contributed by atoms with Gasteiger partial charge in [0.2, 0.25) is 0 Å². The second-order valence-electron chi connectivity index (χ2n) is 3.50. The molecule has 0 aliphatic heterocycles. The van der Waals surface area contributed by atoms with Crippen LogP contribution in [0, 0.1) is 5.92 Å². The third-order valence-electron chi connectivity index (χ3n) is 2.48. The molecule has 1 rings (SSSR count). The van der Waals surface area contributed by atoms with Crippen LogP contribution in [0.1, 0.15) is 25.7 Å². The van der Waals surface area contributed by atoms with E-state index in [-0.39, 0.29) is 0 Å². The van der Waals surface area contributed by atoms with Crippen LogP contribution >= 0.6 is 0 Å². The monoisotopic (exact) mass is 164 g/mol. The van der Waals surface area contributed by atoms with Gasteiger partial charge in [-0.1, -0.05) is 18.7 Å². The highest BCUT2D eigenvalue weighted by Crippen LogP contribution is 2.40. The molecule has 1 saturated carbocycles. The van der Waals surface area contributed by atoms with E-state index in [1.807, 2.05) is 7.85 Å². The first-order chi connectivity index (χ1) is 5.00. The Hall–Kier alpha value is -0.145. The zero-order valence-electron chi connectivity index (χ0n) is 6.62. The molecule has 0 N–H and O–H groups in total. The van der Waals surface area contributed by atoms with Crippen LogP contribution in [0.25, 0.3) is 0 Å².